The van der Waals surface area contributed by atoms with E-state index in [1.807, 2.05) is 0 Å². The average Bonchev–Trinajstić information content (AvgIpc) is 2.72. The van der Waals surface area contributed by atoms with Crippen LogP contribution in [0, 0.1) is 0 Å². The summed E-state index contributed by atoms with van der Waals surface area (Å²) in [7, 11) is -4.73. The minimum atomic E-state index is -4.73. The number of aromatic nitrogens is 1. The zero-order valence-corrected chi connectivity index (χ0v) is 13.0. The van der Waals surface area contributed by atoms with Crippen molar-refractivity contribution in [1.82, 2.24) is 0 Å². The molecule has 1 fully saturated rings. The number of ether oxygens (including phenoxy) is 1. The van der Waals surface area contributed by atoms with Gasteiger partial charge in [0.25, 0.3) is 6.23 Å². The number of rotatable bonds is 5. The van der Waals surface area contributed by atoms with Crippen molar-refractivity contribution in [3.8, 4) is 0 Å². The van der Waals surface area contributed by atoms with E-state index in [1.54, 1.807) is 0 Å². The molecule has 0 bridgehead atoms. The molecular formula is C11H15LiNO9P+2. The summed E-state index contributed by atoms with van der Waals surface area (Å²) in [6, 6.07) is 2.76. The first-order chi connectivity index (χ1) is 10.2. The van der Waals surface area contributed by atoms with E-state index in [9.17, 15) is 19.6 Å². The van der Waals surface area contributed by atoms with Gasteiger partial charge < -0.3 is 29.8 Å². The summed E-state index contributed by atoms with van der Waals surface area (Å²) in [6.07, 6.45) is -2.51. The van der Waals surface area contributed by atoms with Crippen LogP contribution in [-0.4, -0.2) is 56.0 Å². The van der Waals surface area contributed by atoms with Crippen molar-refractivity contribution in [3.63, 3.8) is 0 Å². The zero-order valence-electron chi connectivity index (χ0n) is 12.1. The fraction of sp³-hybridized carbons (Fsp3) is 0.455. The molecule has 0 aliphatic carbocycles. The Morgan fingerprint density at radius 1 is 1.35 bits per heavy atom. The van der Waals surface area contributed by atoms with Crippen LogP contribution in [0.3, 0.4) is 0 Å². The molecule has 1 aromatic heterocycles. The van der Waals surface area contributed by atoms with Gasteiger partial charge in [0.05, 0.1) is 6.61 Å². The average molecular weight is 343 g/mol. The summed E-state index contributed by atoms with van der Waals surface area (Å²) in [5.41, 5.74) is -0.0530. The van der Waals surface area contributed by atoms with Gasteiger partial charge in [0.1, 0.15) is 17.8 Å². The Balaban J connectivity index is 0.00000264. The van der Waals surface area contributed by atoms with Crippen LogP contribution < -0.4 is 23.4 Å². The largest absolute Gasteiger partial charge is 1.00 e. The van der Waals surface area contributed by atoms with Crippen LogP contribution in [0.5, 0.6) is 0 Å². The summed E-state index contributed by atoms with van der Waals surface area (Å²) >= 11 is 0. The van der Waals surface area contributed by atoms with E-state index in [0.29, 0.717) is 0 Å². The molecule has 12 heteroatoms. The standard InChI is InChI=1S/C11H14NO9P.Li/c13-8-7(5-20-22(17,18)19)21-10(9(8)14)12-3-1-2-6(4-12)11(15)16;/h1-4,7-10,13-14H,5H2,(H2-,15,16,17,18,19);/q;+1/p+1/t7-,8-,9-,10-;/m1./s1. The summed E-state index contributed by atoms with van der Waals surface area (Å²) in [5, 5.41) is 28.7. The van der Waals surface area contributed by atoms with Crippen molar-refractivity contribution in [2.24, 2.45) is 0 Å². The third kappa shape index (κ3) is 5.09. The summed E-state index contributed by atoms with van der Waals surface area (Å²) in [5.74, 6) is -1.18. The van der Waals surface area contributed by atoms with Crippen molar-refractivity contribution in [2.45, 2.75) is 24.5 Å². The van der Waals surface area contributed by atoms with Gasteiger partial charge in [-0.1, -0.05) is 0 Å². The number of hydrogen-bond donors (Lipinski definition) is 5. The Morgan fingerprint density at radius 3 is 2.57 bits per heavy atom. The first-order valence-electron chi connectivity index (χ1n) is 6.15. The van der Waals surface area contributed by atoms with Gasteiger partial charge in [0.2, 0.25) is 0 Å². The first kappa shape index (κ1) is 20.3. The van der Waals surface area contributed by atoms with Crippen LogP contribution in [0.2, 0.25) is 0 Å². The van der Waals surface area contributed by atoms with Gasteiger partial charge in [0.15, 0.2) is 18.5 Å². The molecule has 0 unspecified atom stereocenters. The van der Waals surface area contributed by atoms with Crippen LogP contribution in [0.25, 0.3) is 0 Å². The van der Waals surface area contributed by atoms with Crippen molar-refractivity contribution >= 4 is 13.8 Å². The Morgan fingerprint density at radius 2 is 2.00 bits per heavy atom. The molecule has 23 heavy (non-hydrogen) atoms. The molecule has 0 aromatic carbocycles. The number of carboxylic acids is 1. The number of phosphoric ester groups is 1. The number of aromatic carboxylic acids is 1. The maximum atomic E-state index is 10.9. The number of aliphatic hydroxyl groups excluding tert-OH is 2. The predicted molar refractivity (Wildman–Crippen MR) is 67.5 cm³/mol. The molecular weight excluding hydrogens is 328 g/mol. The van der Waals surface area contributed by atoms with Crippen LogP contribution in [0.15, 0.2) is 24.5 Å². The smallest absolute Gasteiger partial charge is 0.477 e. The van der Waals surface area contributed by atoms with Crippen molar-refractivity contribution in [3.05, 3.63) is 30.1 Å². The van der Waals surface area contributed by atoms with Crippen molar-refractivity contribution in [1.29, 1.82) is 0 Å². The zero-order chi connectivity index (χ0) is 16.5. The van der Waals surface area contributed by atoms with Gasteiger partial charge in [0, 0.05) is 6.07 Å². The Bertz CT molecular complexity index is 609. The monoisotopic (exact) mass is 343 g/mol. The van der Waals surface area contributed by atoms with Gasteiger partial charge in [-0.05, 0) is 6.07 Å². The molecule has 0 spiro atoms. The Hall–Kier alpha value is -0.793. The molecule has 2 rings (SSSR count). The molecule has 2 heterocycles. The molecule has 1 aliphatic rings. The van der Waals surface area contributed by atoms with E-state index in [4.69, 9.17) is 19.6 Å². The molecule has 0 amide bonds. The number of nitrogens with zero attached hydrogens (tertiary/aromatic N) is 1. The molecule has 10 nitrogen and oxygen atoms in total. The minimum absolute atomic E-state index is 0. The maximum absolute atomic E-state index is 10.9. The maximum Gasteiger partial charge on any atom is 1.00 e. The molecule has 122 valence electrons. The molecule has 0 radical (unpaired) electrons. The quantitative estimate of drug-likeness (QED) is 0.201. The SMILES string of the molecule is O=C(O)c1ccc[n+]([C@@H]2O[C@H](COP(=O)(O)O)[C@@H](O)[C@H]2O)c1.[Li+]. The fourth-order valence-electron chi connectivity index (χ4n) is 2.06. The summed E-state index contributed by atoms with van der Waals surface area (Å²) in [6.45, 7) is -0.627. The second-order valence-corrected chi connectivity index (χ2v) is 5.92. The molecule has 1 aromatic rings. The summed E-state index contributed by atoms with van der Waals surface area (Å²) in [4.78, 5) is 28.2. The Labute approximate surface area is 142 Å². The third-order valence-corrected chi connectivity index (χ3v) is 3.59. The number of carbonyl (C=O) groups is 1. The molecule has 1 aliphatic heterocycles. The second-order valence-electron chi connectivity index (χ2n) is 4.68. The predicted octanol–water partition coefficient (Wildman–Crippen LogP) is -4.60. The fourth-order valence-corrected chi connectivity index (χ4v) is 2.40. The first-order valence-corrected chi connectivity index (χ1v) is 7.68. The van der Waals surface area contributed by atoms with Gasteiger partial charge in [-0.15, -0.1) is 0 Å². The second kappa shape index (κ2) is 7.85. The van der Waals surface area contributed by atoms with E-state index >= 15 is 0 Å². The third-order valence-electron chi connectivity index (χ3n) is 3.11. The van der Waals surface area contributed by atoms with Gasteiger partial charge in [-0.2, -0.15) is 4.57 Å². The molecule has 1 saturated heterocycles. The van der Waals surface area contributed by atoms with Gasteiger partial charge in [-0.25, -0.2) is 9.36 Å². The van der Waals surface area contributed by atoms with Crippen LogP contribution >= 0.6 is 7.82 Å². The Kier molecular flexibility index (Phi) is 6.91. The van der Waals surface area contributed by atoms with Crippen LogP contribution in [-0.2, 0) is 13.8 Å². The molecule has 4 atom stereocenters. The number of aliphatic hydroxyl groups is 2. The summed E-state index contributed by atoms with van der Waals surface area (Å²) < 4.78 is 21.4. The van der Waals surface area contributed by atoms with Gasteiger partial charge >= 0.3 is 32.7 Å². The topological polar surface area (TPSA) is 158 Å². The normalized spacial score (nSPS) is 27.5. The van der Waals surface area contributed by atoms with Crippen molar-refractivity contribution in [2.75, 3.05) is 6.61 Å². The number of hydrogen-bond acceptors (Lipinski definition) is 6. The van der Waals surface area contributed by atoms with Crippen LogP contribution in [0.1, 0.15) is 16.6 Å². The van der Waals surface area contributed by atoms with E-state index in [1.165, 1.54) is 29.1 Å². The van der Waals surface area contributed by atoms with E-state index < -0.39 is 44.9 Å². The van der Waals surface area contributed by atoms with Gasteiger partial charge in [-0.3, -0.25) is 4.52 Å². The minimum Gasteiger partial charge on any atom is -0.477 e. The van der Waals surface area contributed by atoms with Crippen molar-refractivity contribution < 1.29 is 67.2 Å². The molecule has 5 N–H and O–H groups in total. The number of pyridine rings is 1. The number of phosphoric acid groups is 1. The molecule has 0 saturated carbocycles. The van der Waals surface area contributed by atoms with E-state index in [2.05, 4.69) is 4.52 Å². The number of carboxylic acid groups (broad SMARTS) is 1. The van der Waals surface area contributed by atoms with E-state index in [0.717, 1.165) is 0 Å². The van der Waals surface area contributed by atoms with Crippen LogP contribution in [0.4, 0.5) is 0 Å². The van der Waals surface area contributed by atoms with E-state index in [-0.39, 0.29) is 24.4 Å².